The molecule has 0 heterocycles. The molecule has 2 amide bonds. The second-order valence-electron chi connectivity index (χ2n) is 5.59. The van der Waals surface area contributed by atoms with Gasteiger partial charge in [-0.1, -0.05) is 36.6 Å². The number of ether oxygens (including phenoxy) is 1. The molecule has 2 rings (SSSR count). The van der Waals surface area contributed by atoms with Crippen molar-refractivity contribution in [3.8, 4) is 5.75 Å². The second-order valence-corrected chi connectivity index (χ2v) is 6.00. The van der Waals surface area contributed by atoms with E-state index in [1.54, 1.807) is 24.3 Å². The van der Waals surface area contributed by atoms with Crippen molar-refractivity contribution in [2.75, 3.05) is 6.61 Å². The molecule has 8 heteroatoms. The maximum atomic E-state index is 12.1. The number of benzene rings is 1. The molecule has 7 nitrogen and oxygen atoms in total. The molecular weight excluding hydrogens is 336 g/mol. The third-order valence-corrected chi connectivity index (χ3v) is 4.25. The Kier molecular flexibility index (Phi) is 6.43. The Balaban J connectivity index is 1.79. The van der Waals surface area contributed by atoms with Gasteiger partial charge in [0.05, 0.1) is 16.9 Å². The largest absolute Gasteiger partial charge is 0.482 e. The number of para-hydroxylation sites is 1. The zero-order chi connectivity index (χ0) is 17.5. The Morgan fingerprint density at radius 1 is 1.12 bits per heavy atom. The molecule has 0 saturated heterocycles. The smallest absolute Gasteiger partial charge is 0.307 e. The number of carboxylic acid groups (broad SMARTS) is 1. The van der Waals surface area contributed by atoms with Gasteiger partial charge in [0.1, 0.15) is 5.75 Å². The summed E-state index contributed by atoms with van der Waals surface area (Å²) in [7, 11) is 0. The molecule has 24 heavy (non-hydrogen) atoms. The maximum Gasteiger partial charge on any atom is 0.307 e. The van der Waals surface area contributed by atoms with E-state index in [-0.39, 0.29) is 6.61 Å². The van der Waals surface area contributed by atoms with Crippen LogP contribution in [0.4, 0.5) is 0 Å². The van der Waals surface area contributed by atoms with E-state index in [2.05, 4.69) is 10.9 Å². The van der Waals surface area contributed by atoms with E-state index in [1.165, 1.54) is 0 Å². The first-order valence-corrected chi connectivity index (χ1v) is 8.05. The first-order valence-electron chi connectivity index (χ1n) is 7.68. The number of halogens is 1. The topological polar surface area (TPSA) is 105 Å². The van der Waals surface area contributed by atoms with E-state index in [1.807, 2.05) is 0 Å². The fraction of sp³-hybridized carbons (Fsp3) is 0.438. The standard InChI is InChI=1S/C16H19ClN2O5/c17-12-7-3-4-8-13(12)24-9-14(20)18-19-15(21)10-5-1-2-6-11(10)16(22)23/h3-4,7-8,10-11H,1-2,5-6,9H2,(H,18,20)(H,19,21)(H,22,23)/t10-,11-/m0/s1. The molecule has 1 aliphatic carbocycles. The number of nitrogens with one attached hydrogen (secondary N) is 2. The first kappa shape index (κ1) is 18.1. The highest BCUT2D eigenvalue weighted by Crippen LogP contribution is 2.30. The summed E-state index contributed by atoms with van der Waals surface area (Å²) in [6, 6.07) is 6.70. The summed E-state index contributed by atoms with van der Waals surface area (Å²) in [5.41, 5.74) is 4.50. The van der Waals surface area contributed by atoms with Gasteiger partial charge in [-0.05, 0) is 25.0 Å². The molecule has 3 N–H and O–H groups in total. The molecule has 0 unspecified atom stereocenters. The lowest BCUT2D eigenvalue weighted by Crippen LogP contribution is -2.49. The number of hydrogen-bond donors (Lipinski definition) is 3. The predicted octanol–water partition coefficient (Wildman–Crippen LogP) is 1.76. The Morgan fingerprint density at radius 2 is 1.79 bits per heavy atom. The van der Waals surface area contributed by atoms with E-state index in [0.29, 0.717) is 23.6 Å². The molecule has 0 spiro atoms. The molecule has 2 atom stereocenters. The van der Waals surface area contributed by atoms with E-state index in [0.717, 1.165) is 12.8 Å². The summed E-state index contributed by atoms with van der Waals surface area (Å²) in [6.07, 6.45) is 2.55. The van der Waals surface area contributed by atoms with Crippen LogP contribution in [0.3, 0.4) is 0 Å². The van der Waals surface area contributed by atoms with E-state index in [4.69, 9.17) is 16.3 Å². The van der Waals surface area contributed by atoms with Crippen molar-refractivity contribution in [1.29, 1.82) is 0 Å². The third-order valence-electron chi connectivity index (χ3n) is 3.94. The highest BCUT2D eigenvalue weighted by Gasteiger charge is 2.35. The van der Waals surface area contributed by atoms with Crippen molar-refractivity contribution in [3.05, 3.63) is 29.3 Å². The van der Waals surface area contributed by atoms with Crippen LogP contribution in [0.2, 0.25) is 5.02 Å². The fourth-order valence-electron chi connectivity index (χ4n) is 2.71. The van der Waals surface area contributed by atoms with Gasteiger partial charge in [-0.15, -0.1) is 0 Å². The number of hydrogen-bond acceptors (Lipinski definition) is 4. The summed E-state index contributed by atoms with van der Waals surface area (Å²) in [6.45, 7) is -0.322. The molecule has 1 aromatic rings. The molecule has 130 valence electrons. The van der Waals surface area contributed by atoms with Crippen molar-refractivity contribution >= 4 is 29.4 Å². The minimum absolute atomic E-state index is 0.322. The van der Waals surface area contributed by atoms with Crippen LogP contribution in [0.5, 0.6) is 5.75 Å². The Bertz CT molecular complexity index is 622. The zero-order valence-electron chi connectivity index (χ0n) is 13.0. The fourth-order valence-corrected chi connectivity index (χ4v) is 2.90. The lowest BCUT2D eigenvalue weighted by atomic mass is 9.79. The van der Waals surface area contributed by atoms with Gasteiger partial charge in [-0.2, -0.15) is 0 Å². The summed E-state index contributed by atoms with van der Waals surface area (Å²) >= 11 is 5.90. The van der Waals surface area contributed by atoms with Crippen LogP contribution in [0.1, 0.15) is 25.7 Å². The lowest BCUT2D eigenvalue weighted by molar-refractivity contribution is -0.149. The van der Waals surface area contributed by atoms with Crippen molar-refractivity contribution in [3.63, 3.8) is 0 Å². The molecule has 1 fully saturated rings. The van der Waals surface area contributed by atoms with Gasteiger partial charge >= 0.3 is 5.97 Å². The van der Waals surface area contributed by atoms with E-state index in [9.17, 15) is 19.5 Å². The van der Waals surface area contributed by atoms with E-state index < -0.39 is 29.6 Å². The Hall–Kier alpha value is -2.28. The van der Waals surface area contributed by atoms with E-state index >= 15 is 0 Å². The van der Waals surface area contributed by atoms with Gasteiger partial charge < -0.3 is 9.84 Å². The summed E-state index contributed by atoms with van der Waals surface area (Å²) < 4.78 is 5.25. The number of carbonyl (C=O) groups is 3. The van der Waals surface area contributed by atoms with Gasteiger partial charge in [0.25, 0.3) is 5.91 Å². The molecule has 1 aliphatic rings. The molecule has 0 bridgehead atoms. The second kappa shape index (κ2) is 8.54. The quantitative estimate of drug-likeness (QED) is 0.699. The van der Waals surface area contributed by atoms with Gasteiger partial charge in [0, 0.05) is 0 Å². The van der Waals surface area contributed by atoms with Crippen molar-refractivity contribution < 1.29 is 24.2 Å². The molecule has 1 aromatic carbocycles. The molecule has 0 aromatic heterocycles. The number of amides is 2. The summed E-state index contributed by atoms with van der Waals surface area (Å²) in [5.74, 6) is -3.03. The zero-order valence-corrected chi connectivity index (χ0v) is 13.7. The van der Waals surface area contributed by atoms with Gasteiger partial charge in [0.2, 0.25) is 5.91 Å². The Labute approximate surface area is 144 Å². The van der Waals surface area contributed by atoms with Crippen LogP contribution in [-0.2, 0) is 14.4 Å². The molecular formula is C16H19ClN2O5. The summed E-state index contributed by atoms with van der Waals surface area (Å²) in [4.78, 5) is 35.0. The van der Waals surface area contributed by atoms with Crippen LogP contribution in [-0.4, -0.2) is 29.5 Å². The minimum atomic E-state index is -0.983. The van der Waals surface area contributed by atoms with Gasteiger partial charge in [-0.3, -0.25) is 25.2 Å². The minimum Gasteiger partial charge on any atom is -0.482 e. The first-order chi connectivity index (χ1) is 11.5. The normalized spacial score (nSPS) is 20.0. The van der Waals surface area contributed by atoms with Crippen LogP contribution in [0.25, 0.3) is 0 Å². The number of hydrazine groups is 1. The average molecular weight is 355 g/mol. The molecule has 0 radical (unpaired) electrons. The van der Waals surface area contributed by atoms with Crippen LogP contribution in [0.15, 0.2) is 24.3 Å². The van der Waals surface area contributed by atoms with Crippen LogP contribution < -0.4 is 15.6 Å². The third kappa shape index (κ3) is 4.86. The number of rotatable bonds is 5. The van der Waals surface area contributed by atoms with Gasteiger partial charge in [-0.25, -0.2) is 0 Å². The monoisotopic (exact) mass is 354 g/mol. The molecule has 0 aliphatic heterocycles. The highest BCUT2D eigenvalue weighted by atomic mass is 35.5. The van der Waals surface area contributed by atoms with Crippen LogP contribution >= 0.6 is 11.6 Å². The van der Waals surface area contributed by atoms with Crippen molar-refractivity contribution in [2.45, 2.75) is 25.7 Å². The SMILES string of the molecule is O=C(COc1ccccc1Cl)NNC(=O)[C@H]1CCCC[C@@H]1C(=O)O. The maximum absolute atomic E-state index is 12.1. The van der Waals surface area contributed by atoms with Crippen molar-refractivity contribution in [1.82, 2.24) is 10.9 Å². The number of aliphatic carboxylic acids is 1. The lowest BCUT2D eigenvalue weighted by Gasteiger charge is -2.27. The number of carboxylic acids is 1. The Morgan fingerprint density at radius 3 is 2.46 bits per heavy atom. The van der Waals surface area contributed by atoms with Gasteiger partial charge in [0.15, 0.2) is 6.61 Å². The molecule has 1 saturated carbocycles. The summed E-state index contributed by atoms with van der Waals surface area (Å²) in [5, 5.41) is 9.55. The highest BCUT2D eigenvalue weighted by molar-refractivity contribution is 6.32. The predicted molar refractivity (Wildman–Crippen MR) is 86.3 cm³/mol. The number of carbonyl (C=O) groups excluding carboxylic acids is 2. The van der Waals surface area contributed by atoms with Crippen molar-refractivity contribution in [2.24, 2.45) is 11.8 Å². The van der Waals surface area contributed by atoms with Crippen LogP contribution in [0, 0.1) is 11.8 Å². The average Bonchev–Trinajstić information content (AvgIpc) is 2.59.